The van der Waals surface area contributed by atoms with Crippen molar-refractivity contribution in [2.45, 2.75) is 19.8 Å². The summed E-state index contributed by atoms with van der Waals surface area (Å²) < 4.78 is 0. The number of piperidine rings is 1. The minimum absolute atomic E-state index is 0.249. The third kappa shape index (κ3) is 3.97. The quantitative estimate of drug-likeness (QED) is 0.702. The SMILES string of the molecule is CNCC1(C)CCN(c2cnc(C(=N)c3ccc(Cl)cc3)c(N)n2)CC1. The standard InChI is InChI=1S/C19H25ClN6/c1-19(12-23-2)7-9-26(10-8-19)15-11-24-17(18(22)25-15)16(21)13-3-5-14(20)6-4-13/h3-6,11,21,23H,7-10,12H2,1-2H3,(H2,22,25). The van der Waals surface area contributed by atoms with E-state index in [1.54, 1.807) is 30.5 Å². The van der Waals surface area contributed by atoms with E-state index in [4.69, 9.17) is 22.7 Å². The Bertz CT molecular complexity index is 781. The maximum Gasteiger partial charge on any atom is 0.154 e. The Kier molecular flexibility index (Phi) is 5.44. The third-order valence-electron chi connectivity index (χ3n) is 5.05. The van der Waals surface area contributed by atoms with E-state index in [0.29, 0.717) is 21.7 Å². The molecule has 1 fully saturated rings. The van der Waals surface area contributed by atoms with Gasteiger partial charge in [0.1, 0.15) is 11.5 Å². The lowest BCUT2D eigenvalue weighted by molar-refractivity contribution is 0.242. The van der Waals surface area contributed by atoms with Crippen molar-refractivity contribution >= 4 is 28.9 Å². The number of nitrogens with one attached hydrogen (secondary N) is 2. The molecule has 0 atom stereocenters. The second-order valence-electron chi connectivity index (χ2n) is 7.17. The summed E-state index contributed by atoms with van der Waals surface area (Å²) in [7, 11) is 2.00. The number of anilines is 2. The molecular formula is C19H25ClN6. The molecule has 0 radical (unpaired) electrons. The zero-order chi connectivity index (χ0) is 18.7. The van der Waals surface area contributed by atoms with E-state index in [-0.39, 0.29) is 11.5 Å². The first-order valence-corrected chi connectivity index (χ1v) is 9.16. The molecule has 6 nitrogen and oxygen atoms in total. The van der Waals surface area contributed by atoms with Gasteiger partial charge in [-0.1, -0.05) is 30.7 Å². The van der Waals surface area contributed by atoms with Crippen LogP contribution in [0.3, 0.4) is 0 Å². The van der Waals surface area contributed by atoms with Gasteiger partial charge < -0.3 is 16.0 Å². The van der Waals surface area contributed by atoms with Crippen LogP contribution in [-0.2, 0) is 0 Å². The number of aromatic nitrogens is 2. The van der Waals surface area contributed by atoms with Crippen molar-refractivity contribution in [1.82, 2.24) is 15.3 Å². The van der Waals surface area contributed by atoms with Crippen LogP contribution in [0.1, 0.15) is 31.0 Å². The lowest BCUT2D eigenvalue weighted by Crippen LogP contribution is -2.43. The molecule has 1 saturated heterocycles. The minimum atomic E-state index is 0.249. The minimum Gasteiger partial charge on any atom is -0.382 e. The summed E-state index contributed by atoms with van der Waals surface area (Å²) in [5.74, 6) is 1.06. The van der Waals surface area contributed by atoms with Crippen LogP contribution < -0.4 is 16.0 Å². The molecule has 0 saturated carbocycles. The molecule has 0 bridgehead atoms. The van der Waals surface area contributed by atoms with Gasteiger partial charge in [0.05, 0.1) is 11.9 Å². The second kappa shape index (κ2) is 7.60. The van der Waals surface area contributed by atoms with Crippen molar-refractivity contribution in [3.05, 3.63) is 46.7 Å². The van der Waals surface area contributed by atoms with Crippen molar-refractivity contribution in [2.24, 2.45) is 5.41 Å². The summed E-state index contributed by atoms with van der Waals surface area (Å²) in [6, 6.07) is 7.07. The van der Waals surface area contributed by atoms with E-state index in [1.807, 2.05) is 7.05 Å². The normalized spacial score (nSPS) is 16.5. The van der Waals surface area contributed by atoms with Gasteiger partial charge in [0.15, 0.2) is 5.82 Å². The van der Waals surface area contributed by atoms with Gasteiger partial charge in [-0.15, -0.1) is 0 Å². The van der Waals surface area contributed by atoms with E-state index in [9.17, 15) is 0 Å². The van der Waals surface area contributed by atoms with Gasteiger partial charge in [0.2, 0.25) is 0 Å². The topological polar surface area (TPSA) is 90.9 Å². The van der Waals surface area contributed by atoms with Crippen LogP contribution in [0.15, 0.2) is 30.5 Å². The number of hydrogen-bond donors (Lipinski definition) is 3. The van der Waals surface area contributed by atoms with E-state index >= 15 is 0 Å². The van der Waals surface area contributed by atoms with Crippen molar-refractivity contribution < 1.29 is 0 Å². The number of nitrogen functional groups attached to an aromatic ring is 1. The Morgan fingerprint density at radius 2 is 1.96 bits per heavy atom. The highest BCUT2D eigenvalue weighted by atomic mass is 35.5. The highest BCUT2D eigenvalue weighted by molar-refractivity contribution is 6.30. The van der Waals surface area contributed by atoms with Crippen LogP contribution in [0.5, 0.6) is 0 Å². The first-order chi connectivity index (χ1) is 12.4. The number of nitrogens with zero attached hydrogens (tertiary/aromatic N) is 3. The van der Waals surface area contributed by atoms with E-state index < -0.39 is 0 Å². The molecule has 1 aromatic heterocycles. The van der Waals surface area contributed by atoms with Gasteiger partial charge in [-0.2, -0.15) is 0 Å². The largest absolute Gasteiger partial charge is 0.382 e. The zero-order valence-electron chi connectivity index (χ0n) is 15.2. The maximum atomic E-state index is 8.35. The van der Waals surface area contributed by atoms with Gasteiger partial charge in [-0.05, 0) is 37.4 Å². The molecule has 3 rings (SSSR count). The van der Waals surface area contributed by atoms with Crippen molar-refractivity contribution in [2.75, 3.05) is 37.3 Å². The monoisotopic (exact) mass is 372 g/mol. The number of rotatable bonds is 5. The van der Waals surface area contributed by atoms with E-state index in [2.05, 4.69) is 27.1 Å². The van der Waals surface area contributed by atoms with Crippen molar-refractivity contribution in [3.8, 4) is 0 Å². The van der Waals surface area contributed by atoms with Crippen LogP contribution in [0, 0.1) is 10.8 Å². The first kappa shape index (κ1) is 18.6. The van der Waals surface area contributed by atoms with Crippen LogP contribution >= 0.6 is 11.6 Å². The lowest BCUT2D eigenvalue weighted by atomic mass is 9.80. The number of benzene rings is 1. The Hall–Kier alpha value is -2.18. The first-order valence-electron chi connectivity index (χ1n) is 8.79. The Labute approximate surface area is 159 Å². The van der Waals surface area contributed by atoms with Crippen LogP contribution in [0.4, 0.5) is 11.6 Å². The van der Waals surface area contributed by atoms with Gasteiger partial charge in [0.25, 0.3) is 0 Å². The van der Waals surface area contributed by atoms with Crippen molar-refractivity contribution in [1.29, 1.82) is 5.41 Å². The summed E-state index contributed by atoms with van der Waals surface area (Å²) in [4.78, 5) is 11.2. The molecule has 2 aromatic rings. The molecule has 26 heavy (non-hydrogen) atoms. The van der Waals surface area contributed by atoms with E-state index in [1.165, 1.54) is 0 Å². The molecule has 1 aliphatic rings. The van der Waals surface area contributed by atoms with E-state index in [0.717, 1.165) is 38.3 Å². The van der Waals surface area contributed by atoms with Crippen molar-refractivity contribution in [3.63, 3.8) is 0 Å². The predicted molar refractivity (Wildman–Crippen MR) is 107 cm³/mol. The average Bonchev–Trinajstić information content (AvgIpc) is 2.62. The summed E-state index contributed by atoms with van der Waals surface area (Å²) >= 11 is 5.91. The van der Waals surface area contributed by atoms with Crippen LogP contribution in [0.25, 0.3) is 0 Å². The molecule has 0 unspecified atom stereocenters. The highest BCUT2D eigenvalue weighted by Crippen LogP contribution is 2.32. The summed E-state index contributed by atoms with van der Waals surface area (Å²) in [6.07, 6.45) is 3.91. The highest BCUT2D eigenvalue weighted by Gasteiger charge is 2.30. The summed E-state index contributed by atoms with van der Waals surface area (Å²) in [5, 5.41) is 12.3. The van der Waals surface area contributed by atoms with Gasteiger partial charge in [0, 0.05) is 30.2 Å². The smallest absolute Gasteiger partial charge is 0.154 e. The Morgan fingerprint density at radius 3 is 2.54 bits per heavy atom. The predicted octanol–water partition coefficient (Wildman–Crippen LogP) is 2.95. The molecular weight excluding hydrogens is 348 g/mol. The summed E-state index contributed by atoms with van der Waals surface area (Å²) in [6.45, 7) is 5.20. The maximum absolute atomic E-state index is 8.35. The average molecular weight is 373 g/mol. The van der Waals surface area contributed by atoms with Gasteiger partial charge in [-0.3, -0.25) is 5.41 Å². The number of halogens is 1. The molecule has 0 amide bonds. The van der Waals surface area contributed by atoms with Crippen LogP contribution in [-0.4, -0.2) is 42.4 Å². The summed E-state index contributed by atoms with van der Waals surface area (Å²) in [5.41, 5.74) is 7.80. The molecule has 0 spiro atoms. The van der Waals surface area contributed by atoms with Gasteiger partial charge in [-0.25, -0.2) is 9.97 Å². The number of nitrogens with two attached hydrogens (primary N) is 1. The fourth-order valence-corrected chi connectivity index (χ4v) is 3.50. The Morgan fingerprint density at radius 1 is 1.31 bits per heavy atom. The fourth-order valence-electron chi connectivity index (χ4n) is 3.37. The molecule has 0 aliphatic carbocycles. The van der Waals surface area contributed by atoms with Gasteiger partial charge >= 0.3 is 0 Å². The molecule has 7 heteroatoms. The second-order valence-corrected chi connectivity index (χ2v) is 7.61. The Balaban J connectivity index is 1.74. The third-order valence-corrected chi connectivity index (χ3v) is 5.31. The number of hydrogen-bond acceptors (Lipinski definition) is 6. The molecule has 138 valence electrons. The lowest BCUT2D eigenvalue weighted by Gasteiger charge is -2.39. The molecule has 2 heterocycles. The molecule has 1 aromatic carbocycles. The van der Waals surface area contributed by atoms with Crippen LogP contribution in [0.2, 0.25) is 5.02 Å². The molecule has 4 N–H and O–H groups in total. The fraction of sp³-hybridized carbons (Fsp3) is 0.421. The molecule has 1 aliphatic heterocycles. The zero-order valence-corrected chi connectivity index (χ0v) is 16.0.